The Balaban J connectivity index is 1.47. The van der Waals surface area contributed by atoms with Crippen molar-refractivity contribution in [2.45, 2.75) is 19.8 Å². The van der Waals surface area contributed by atoms with Crippen molar-refractivity contribution in [3.05, 3.63) is 52.5 Å². The lowest BCUT2D eigenvalue weighted by Gasteiger charge is -2.19. The smallest absolute Gasteiger partial charge is 0.229 e. The molecule has 4 rings (SSSR count). The number of hydrogen-bond donors (Lipinski definition) is 1. The first-order chi connectivity index (χ1) is 13.1. The fourth-order valence-electron chi connectivity index (χ4n) is 3.88. The van der Waals surface area contributed by atoms with Gasteiger partial charge in [0.15, 0.2) is 0 Å². The van der Waals surface area contributed by atoms with Crippen LogP contribution in [0.25, 0.3) is 0 Å². The van der Waals surface area contributed by atoms with Crippen molar-refractivity contribution >= 4 is 44.8 Å². The van der Waals surface area contributed by atoms with Crippen LogP contribution in [0, 0.1) is 5.92 Å². The summed E-state index contributed by atoms with van der Waals surface area (Å²) in [5.74, 6) is -0.466. The fourth-order valence-corrected chi connectivity index (χ4v) is 4.38. The number of halogens is 1. The molecule has 0 aliphatic carbocycles. The standard InChI is InChI=1S/C21H22BrN3O2/c1-2-24-10-9-14-7-8-16(12-19(14)24)23-21(27)15-11-20(26)25(13-15)18-6-4-3-5-17(18)22/h3-8,12,15H,2,9-11,13H2,1H3,(H,23,27). The predicted molar refractivity (Wildman–Crippen MR) is 111 cm³/mol. The highest BCUT2D eigenvalue weighted by atomic mass is 79.9. The maximum Gasteiger partial charge on any atom is 0.229 e. The molecule has 6 heteroatoms. The molecule has 1 atom stereocenters. The van der Waals surface area contributed by atoms with Crippen molar-refractivity contribution in [1.29, 1.82) is 0 Å². The van der Waals surface area contributed by atoms with E-state index < -0.39 is 0 Å². The van der Waals surface area contributed by atoms with Crippen LogP contribution < -0.4 is 15.1 Å². The highest BCUT2D eigenvalue weighted by Crippen LogP contribution is 2.33. The predicted octanol–water partition coefficient (Wildman–Crippen LogP) is 3.82. The van der Waals surface area contributed by atoms with Gasteiger partial charge in [-0.1, -0.05) is 18.2 Å². The van der Waals surface area contributed by atoms with Crippen LogP contribution in [0.4, 0.5) is 17.1 Å². The molecule has 1 saturated heterocycles. The van der Waals surface area contributed by atoms with E-state index in [-0.39, 0.29) is 24.2 Å². The van der Waals surface area contributed by atoms with Gasteiger partial charge in [0, 0.05) is 41.9 Å². The summed E-state index contributed by atoms with van der Waals surface area (Å²) in [4.78, 5) is 29.2. The second kappa shape index (κ2) is 7.35. The van der Waals surface area contributed by atoms with Crippen LogP contribution in [0.2, 0.25) is 0 Å². The molecule has 2 aliphatic heterocycles. The van der Waals surface area contributed by atoms with E-state index in [9.17, 15) is 9.59 Å². The first kappa shape index (κ1) is 18.0. The number of rotatable bonds is 4. The number of amides is 2. The van der Waals surface area contributed by atoms with Crippen LogP contribution in [0.1, 0.15) is 18.9 Å². The lowest BCUT2D eigenvalue weighted by molar-refractivity contribution is -0.122. The molecule has 2 heterocycles. The van der Waals surface area contributed by atoms with Gasteiger partial charge in [-0.25, -0.2) is 0 Å². The molecule has 0 radical (unpaired) electrons. The molecule has 0 bridgehead atoms. The van der Waals surface area contributed by atoms with Crippen molar-refractivity contribution < 1.29 is 9.59 Å². The van der Waals surface area contributed by atoms with Gasteiger partial charge in [-0.15, -0.1) is 0 Å². The van der Waals surface area contributed by atoms with E-state index >= 15 is 0 Å². The molecule has 2 amide bonds. The van der Waals surface area contributed by atoms with Gasteiger partial charge in [0.05, 0.1) is 11.6 Å². The molecule has 1 N–H and O–H groups in total. The molecule has 1 fully saturated rings. The molecule has 0 aromatic heterocycles. The summed E-state index contributed by atoms with van der Waals surface area (Å²) < 4.78 is 0.859. The van der Waals surface area contributed by atoms with Crippen LogP contribution in [-0.4, -0.2) is 31.4 Å². The van der Waals surface area contributed by atoms with Crippen molar-refractivity contribution in [1.82, 2.24) is 0 Å². The molecule has 0 saturated carbocycles. The maximum atomic E-state index is 12.8. The zero-order valence-corrected chi connectivity index (χ0v) is 16.8. The number of fused-ring (bicyclic) bond motifs is 1. The molecule has 140 valence electrons. The first-order valence-electron chi connectivity index (χ1n) is 9.30. The second-order valence-corrected chi connectivity index (χ2v) is 7.87. The van der Waals surface area contributed by atoms with E-state index in [1.807, 2.05) is 36.4 Å². The summed E-state index contributed by atoms with van der Waals surface area (Å²) in [5, 5.41) is 3.01. The Labute approximate surface area is 167 Å². The highest BCUT2D eigenvalue weighted by Gasteiger charge is 2.36. The van der Waals surface area contributed by atoms with Gasteiger partial charge in [0.25, 0.3) is 0 Å². The minimum absolute atomic E-state index is 0.0202. The topological polar surface area (TPSA) is 52.7 Å². The average Bonchev–Trinajstić information content (AvgIpc) is 3.25. The molecule has 5 nitrogen and oxygen atoms in total. The Morgan fingerprint density at radius 1 is 1.22 bits per heavy atom. The summed E-state index contributed by atoms with van der Waals surface area (Å²) in [5.41, 5.74) is 4.14. The number of nitrogens with one attached hydrogen (secondary N) is 1. The minimum Gasteiger partial charge on any atom is -0.371 e. The molecule has 1 unspecified atom stereocenters. The number of benzene rings is 2. The molecule has 2 aromatic rings. The first-order valence-corrected chi connectivity index (χ1v) is 10.1. The van der Waals surface area contributed by atoms with Gasteiger partial charge < -0.3 is 15.1 Å². The largest absolute Gasteiger partial charge is 0.371 e. The van der Waals surface area contributed by atoms with Crippen molar-refractivity contribution in [3.8, 4) is 0 Å². The number of likely N-dealkylation sites (N-methyl/N-ethyl adjacent to an activating group) is 1. The third-order valence-electron chi connectivity index (χ3n) is 5.37. The quantitative estimate of drug-likeness (QED) is 0.806. The molecule has 27 heavy (non-hydrogen) atoms. The van der Waals surface area contributed by atoms with Crippen molar-refractivity contribution in [3.63, 3.8) is 0 Å². The summed E-state index contributed by atoms with van der Waals surface area (Å²) in [7, 11) is 0. The summed E-state index contributed by atoms with van der Waals surface area (Å²) in [6.07, 6.45) is 1.29. The van der Waals surface area contributed by atoms with Crippen LogP contribution in [0.3, 0.4) is 0 Å². The lowest BCUT2D eigenvalue weighted by Crippen LogP contribution is -2.28. The fraction of sp³-hybridized carbons (Fsp3) is 0.333. The minimum atomic E-state index is -0.347. The molecule has 2 aliphatic rings. The normalized spacial score (nSPS) is 18.7. The molecule has 2 aromatic carbocycles. The van der Waals surface area contributed by atoms with Crippen molar-refractivity contribution in [2.75, 3.05) is 34.8 Å². The number of carbonyl (C=O) groups is 2. The van der Waals surface area contributed by atoms with E-state index in [4.69, 9.17) is 0 Å². The second-order valence-electron chi connectivity index (χ2n) is 7.02. The number of anilines is 3. The van der Waals surface area contributed by atoms with Crippen molar-refractivity contribution in [2.24, 2.45) is 5.92 Å². The summed E-state index contributed by atoms with van der Waals surface area (Å²) >= 11 is 3.49. The number of para-hydroxylation sites is 1. The Morgan fingerprint density at radius 3 is 2.81 bits per heavy atom. The van der Waals surface area contributed by atoms with E-state index in [1.165, 1.54) is 11.3 Å². The molecular weight excluding hydrogens is 406 g/mol. The average molecular weight is 428 g/mol. The number of hydrogen-bond acceptors (Lipinski definition) is 3. The molecule has 0 spiro atoms. The monoisotopic (exact) mass is 427 g/mol. The Bertz CT molecular complexity index is 899. The van der Waals surface area contributed by atoms with Crippen LogP contribution in [0.5, 0.6) is 0 Å². The summed E-state index contributed by atoms with van der Waals surface area (Å²) in [6.45, 7) is 4.53. The van der Waals surface area contributed by atoms with Gasteiger partial charge in [-0.05, 0) is 59.1 Å². The van der Waals surface area contributed by atoms with E-state index in [0.29, 0.717) is 6.54 Å². The summed E-state index contributed by atoms with van der Waals surface area (Å²) in [6, 6.07) is 13.7. The number of carbonyl (C=O) groups excluding carboxylic acids is 2. The third-order valence-corrected chi connectivity index (χ3v) is 6.04. The van der Waals surface area contributed by atoms with E-state index in [0.717, 1.165) is 35.4 Å². The van der Waals surface area contributed by atoms with Gasteiger partial charge in [0.2, 0.25) is 11.8 Å². The zero-order valence-electron chi connectivity index (χ0n) is 15.2. The third kappa shape index (κ3) is 3.46. The van der Waals surface area contributed by atoms with Gasteiger partial charge in [-0.2, -0.15) is 0 Å². The highest BCUT2D eigenvalue weighted by molar-refractivity contribution is 9.10. The zero-order chi connectivity index (χ0) is 19.0. The van der Waals surface area contributed by atoms with Gasteiger partial charge >= 0.3 is 0 Å². The maximum absolute atomic E-state index is 12.8. The van der Waals surface area contributed by atoms with Crippen LogP contribution >= 0.6 is 15.9 Å². The van der Waals surface area contributed by atoms with E-state index in [1.54, 1.807) is 4.90 Å². The van der Waals surface area contributed by atoms with Gasteiger partial charge in [-0.3, -0.25) is 9.59 Å². The Morgan fingerprint density at radius 2 is 2.04 bits per heavy atom. The Kier molecular flexibility index (Phi) is 4.91. The number of nitrogens with zero attached hydrogens (tertiary/aromatic N) is 2. The van der Waals surface area contributed by atoms with E-state index in [2.05, 4.69) is 39.1 Å². The van der Waals surface area contributed by atoms with Crippen LogP contribution in [-0.2, 0) is 16.0 Å². The molecular formula is C21H22BrN3O2. The lowest BCUT2D eigenvalue weighted by atomic mass is 10.1. The Hall–Kier alpha value is -2.34. The SMILES string of the molecule is CCN1CCc2ccc(NC(=O)C3CC(=O)N(c4ccccc4Br)C3)cc21. The van der Waals surface area contributed by atoms with Gasteiger partial charge in [0.1, 0.15) is 0 Å². The van der Waals surface area contributed by atoms with Crippen LogP contribution in [0.15, 0.2) is 46.9 Å².